The van der Waals surface area contributed by atoms with Gasteiger partial charge in [-0.3, -0.25) is 0 Å². The highest BCUT2D eigenvalue weighted by Gasteiger charge is 1.93. The van der Waals surface area contributed by atoms with Gasteiger partial charge in [0.1, 0.15) is 5.75 Å². The molecule has 0 atom stereocenters. The summed E-state index contributed by atoms with van der Waals surface area (Å²) in [5.74, 6) is 0.307. The Labute approximate surface area is 96.8 Å². The lowest BCUT2D eigenvalue weighted by atomic mass is 10.2. The second-order valence-corrected chi connectivity index (χ2v) is 3.54. The Kier molecular flexibility index (Phi) is 6.30. The molecule has 0 spiro atoms. The van der Waals surface area contributed by atoms with Crippen molar-refractivity contribution in [2.75, 3.05) is 19.8 Å². The van der Waals surface area contributed by atoms with E-state index < -0.39 is 0 Å². The SMILES string of the molecule is C=CCCOCCNCc1cccc(O)c1. The fourth-order valence-corrected chi connectivity index (χ4v) is 1.31. The molecule has 1 aromatic carbocycles. The average Bonchev–Trinajstić information content (AvgIpc) is 2.28. The molecule has 0 aromatic heterocycles. The molecule has 0 saturated carbocycles. The van der Waals surface area contributed by atoms with Crippen LogP contribution in [0.25, 0.3) is 0 Å². The fourth-order valence-electron chi connectivity index (χ4n) is 1.31. The first-order chi connectivity index (χ1) is 7.83. The summed E-state index contributed by atoms with van der Waals surface area (Å²) in [7, 11) is 0. The van der Waals surface area contributed by atoms with E-state index >= 15 is 0 Å². The lowest BCUT2D eigenvalue weighted by Crippen LogP contribution is -2.19. The van der Waals surface area contributed by atoms with Crippen LogP contribution < -0.4 is 5.32 Å². The van der Waals surface area contributed by atoms with Gasteiger partial charge >= 0.3 is 0 Å². The van der Waals surface area contributed by atoms with Crippen LogP contribution in [0.3, 0.4) is 0 Å². The van der Waals surface area contributed by atoms with Crippen LogP contribution in [-0.4, -0.2) is 24.9 Å². The summed E-state index contributed by atoms with van der Waals surface area (Å²) < 4.78 is 5.35. The number of phenolic OH excluding ortho intramolecular Hbond substituents is 1. The van der Waals surface area contributed by atoms with E-state index in [-0.39, 0.29) is 0 Å². The summed E-state index contributed by atoms with van der Waals surface area (Å²) in [6, 6.07) is 7.24. The highest BCUT2D eigenvalue weighted by atomic mass is 16.5. The molecule has 0 aliphatic carbocycles. The number of hydrogen-bond donors (Lipinski definition) is 2. The Balaban J connectivity index is 2.05. The molecule has 0 bridgehead atoms. The molecular formula is C13H19NO2. The van der Waals surface area contributed by atoms with Crippen LogP contribution >= 0.6 is 0 Å². The second-order valence-electron chi connectivity index (χ2n) is 3.54. The Bertz CT molecular complexity index is 313. The summed E-state index contributed by atoms with van der Waals surface area (Å²) in [6.07, 6.45) is 2.74. The molecule has 0 aliphatic rings. The number of hydrogen-bond acceptors (Lipinski definition) is 3. The van der Waals surface area contributed by atoms with Gasteiger partial charge in [-0.25, -0.2) is 0 Å². The molecule has 3 nitrogen and oxygen atoms in total. The van der Waals surface area contributed by atoms with Crippen LogP contribution in [-0.2, 0) is 11.3 Å². The Hall–Kier alpha value is -1.32. The lowest BCUT2D eigenvalue weighted by molar-refractivity contribution is 0.140. The van der Waals surface area contributed by atoms with Crippen molar-refractivity contribution in [2.24, 2.45) is 0 Å². The summed E-state index contributed by atoms with van der Waals surface area (Å²) >= 11 is 0. The standard InChI is InChI=1S/C13H19NO2/c1-2-3-8-16-9-7-14-11-12-5-4-6-13(15)10-12/h2,4-6,10,14-15H,1,3,7-9,11H2. The maximum Gasteiger partial charge on any atom is 0.115 e. The molecule has 0 heterocycles. The van der Waals surface area contributed by atoms with E-state index in [1.54, 1.807) is 12.1 Å². The predicted molar refractivity (Wildman–Crippen MR) is 65.4 cm³/mol. The molecular weight excluding hydrogens is 202 g/mol. The van der Waals surface area contributed by atoms with Crippen LogP contribution in [0.2, 0.25) is 0 Å². The first kappa shape index (κ1) is 12.7. The van der Waals surface area contributed by atoms with E-state index in [2.05, 4.69) is 11.9 Å². The van der Waals surface area contributed by atoms with Crippen molar-refractivity contribution < 1.29 is 9.84 Å². The van der Waals surface area contributed by atoms with Crippen molar-refractivity contribution >= 4 is 0 Å². The molecule has 0 radical (unpaired) electrons. The van der Waals surface area contributed by atoms with Gasteiger partial charge in [-0.1, -0.05) is 18.2 Å². The summed E-state index contributed by atoms with van der Waals surface area (Å²) in [5, 5.41) is 12.5. The van der Waals surface area contributed by atoms with Crippen LogP contribution in [0.1, 0.15) is 12.0 Å². The molecule has 2 N–H and O–H groups in total. The van der Waals surface area contributed by atoms with E-state index in [1.807, 2.05) is 18.2 Å². The molecule has 1 rings (SSSR count). The van der Waals surface area contributed by atoms with Gasteiger partial charge in [-0.05, 0) is 24.1 Å². The van der Waals surface area contributed by atoms with Gasteiger partial charge in [0.05, 0.1) is 13.2 Å². The van der Waals surface area contributed by atoms with Crippen LogP contribution in [0, 0.1) is 0 Å². The van der Waals surface area contributed by atoms with E-state index in [9.17, 15) is 5.11 Å². The second kappa shape index (κ2) is 7.91. The van der Waals surface area contributed by atoms with Gasteiger partial charge in [0.15, 0.2) is 0 Å². The highest BCUT2D eigenvalue weighted by Crippen LogP contribution is 2.10. The molecule has 0 unspecified atom stereocenters. The topological polar surface area (TPSA) is 41.5 Å². The molecule has 1 aromatic rings. The number of ether oxygens (including phenoxy) is 1. The zero-order valence-electron chi connectivity index (χ0n) is 9.48. The van der Waals surface area contributed by atoms with E-state index in [0.717, 1.165) is 31.7 Å². The lowest BCUT2D eigenvalue weighted by Gasteiger charge is -2.05. The number of aromatic hydroxyl groups is 1. The first-order valence-corrected chi connectivity index (χ1v) is 5.50. The van der Waals surface area contributed by atoms with E-state index in [0.29, 0.717) is 12.4 Å². The van der Waals surface area contributed by atoms with Crippen LogP contribution in [0.5, 0.6) is 5.75 Å². The minimum atomic E-state index is 0.307. The minimum absolute atomic E-state index is 0.307. The third kappa shape index (κ3) is 5.53. The zero-order chi connectivity index (χ0) is 11.6. The van der Waals surface area contributed by atoms with E-state index in [1.165, 1.54) is 0 Å². The van der Waals surface area contributed by atoms with Crippen molar-refractivity contribution in [1.29, 1.82) is 0 Å². The highest BCUT2D eigenvalue weighted by molar-refractivity contribution is 5.26. The van der Waals surface area contributed by atoms with Crippen molar-refractivity contribution in [3.05, 3.63) is 42.5 Å². The number of nitrogens with one attached hydrogen (secondary N) is 1. The third-order valence-corrected chi connectivity index (χ3v) is 2.13. The molecule has 3 heteroatoms. The van der Waals surface area contributed by atoms with Crippen LogP contribution in [0.4, 0.5) is 0 Å². The molecule has 0 amide bonds. The van der Waals surface area contributed by atoms with Gasteiger partial charge in [-0.15, -0.1) is 6.58 Å². The first-order valence-electron chi connectivity index (χ1n) is 5.50. The molecule has 16 heavy (non-hydrogen) atoms. The normalized spacial score (nSPS) is 10.2. The Morgan fingerprint density at radius 1 is 1.38 bits per heavy atom. The van der Waals surface area contributed by atoms with E-state index in [4.69, 9.17) is 4.74 Å². The Morgan fingerprint density at radius 2 is 2.25 bits per heavy atom. The zero-order valence-corrected chi connectivity index (χ0v) is 9.48. The van der Waals surface area contributed by atoms with Crippen molar-refractivity contribution in [3.63, 3.8) is 0 Å². The fraction of sp³-hybridized carbons (Fsp3) is 0.385. The maximum atomic E-state index is 9.25. The van der Waals surface area contributed by atoms with Gasteiger partial charge in [0.25, 0.3) is 0 Å². The van der Waals surface area contributed by atoms with Gasteiger partial charge in [-0.2, -0.15) is 0 Å². The van der Waals surface area contributed by atoms with Gasteiger partial charge in [0.2, 0.25) is 0 Å². The van der Waals surface area contributed by atoms with Gasteiger partial charge in [0, 0.05) is 13.1 Å². The van der Waals surface area contributed by atoms with Crippen molar-refractivity contribution in [1.82, 2.24) is 5.32 Å². The van der Waals surface area contributed by atoms with Crippen LogP contribution in [0.15, 0.2) is 36.9 Å². The predicted octanol–water partition coefficient (Wildman–Crippen LogP) is 2.07. The van der Waals surface area contributed by atoms with Crippen molar-refractivity contribution in [3.8, 4) is 5.75 Å². The van der Waals surface area contributed by atoms with Gasteiger partial charge < -0.3 is 15.2 Å². The summed E-state index contributed by atoms with van der Waals surface area (Å²) in [4.78, 5) is 0. The quantitative estimate of drug-likeness (QED) is 0.521. The van der Waals surface area contributed by atoms with Crippen molar-refractivity contribution in [2.45, 2.75) is 13.0 Å². The smallest absolute Gasteiger partial charge is 0.115 e. The number of phenols is 1. The monoisotopic (exact) mass is 221 g/mol. The molecule has 0 fully saturated rings. The summed E-state index contributed by atoms with van der Waals surface area (Å²) in [5.41, 5.74) is 1.08. The molecule has 0 aliphatic heterocycles. The number of benzene rings is 1. The maximum absolute atomic E-state index is 9.25. The molecule has 88 valence electrons. The largest absolute Gasteiger partial charge is 0.508 e. The number of rotatable bonds is 8. The molecule has 0 saturated heterocycles. The third-order valence-electron chi connectivity index (χ3n) is 2.13. The summed E-state index contributed by atoms with van der Waals surface area (Å²) in [6.45, 7) is 6.62. The average molecular weight is 221 g/mol. The minimum Gasteiger partial charge on any atom is -0.508 e. The Morgan fingerprint density at radius 3 is 3.00 bits per heavy atom.